The van der Waals surface area contributed by atoms with E-state index in [1.165, 1.54) is 5.57 Å². The van der Waals surface area contributed by atoms with E-state index in [0.717, 1.165) is 37.9 Å². The molecule has 3 saturated carbocycles. The Kier molecular flexibility index (Phi) is 7.54. The predicted octanol–water partition coefficient (Wildman–Crippen LogP) is 7.83. The molecule has 0 aliphatic heterocycles. The minimum Gasteiger partial charge on any atom is -0.547 e. The fourth-order valence-corrected chi connectivity index (χ4v) is 11.1. The molecule has 38 heavy (non-hydrogen) atoms. The summed E-state index contributed by atoms with van der Waals surface area (Å²) in [4.78, 5) is 26.6. The maximum atomic E-state index is 14.4. The monoisotopic (exact) mass is 576 g/mol. The average Bonchev–Trinajstić information content (AvgIpc) is 3.01. The zero-order valence-corrected chi connectivity index (χ0v) is 28.9. The van der Waals surface area contributed by atoms with Gasteiger partial charge in [-0.3, -0.25) is 9.59 Å². The van der Waals surface area contributed by atoms with Gasteiger partial charge in [-0.15, -0.1) is 0 Å². The van der Waals surface area contributed by atoms with E-state index in [1.807, 2.05) is 12.3 Å². The van der Waals surface area contributed by atoms with Crippen LogP contribution in [0.1, 0.15) is 58.8 Å². The topological polar surface area (TPSA) is 61.8 Å². The van der Waals surface area contributed by atoms with E-state index < -0.39 is 30.6 Å². The first kappa shape index (κ1) is 30.0. The quantitative estimate of drug-likeness (QED) is 0.228. The lowest BCUT2D eigenvalue weighted by atomic mass is 9.46. The number of hydrogen-bond acceptors (Lipinski definition) is 5. The van der Waals surface area contributed by atoms with Gasteiger partial charge in [-0.05, 0) is 114 Å². The molecule has 8 heteroatoms. The molecule has 0 spiro atoms. The molecule has 0 aromatic rings. The Labute approximate surface area is 234 Å². The van der Waals surface area contributed by atoms with Crippen LogP contribution in [0.4, 0.5) is 0 Å². The van der Waals surface area contributed by atoms with Crippen LogP contribution in [0.5, 0.6) is 0 Å². The molecule has 3 fully saturated rings. The number of ketones is 2. The van der Waals surface area contributed by atoms with Gasteiger partial charge < -0.3 is 13.3 Å². The Hall–Kier alpha value is -0.969. The molecule has 0 aromatic carbocycles. The van der Waals surface area contributed by atoms with Crippen LogP contribution < -0.4 is 0 Å². The molecular weight excluding hydrogens is 525 g/mol. The molecule has 5 nitrogen and oxygen atoms in total. The summed E-state index contributed by atoms with van der Waals surface area (Å²) in [5.41, 5.74) is 0.0133. The first-order valence-electron chi connectivity index (χ1n) is 14.8. The van der Waals surface area contributed by atoms with Crippen LogP contribution >= 0.6 is 0 Å². The number of rotatable bonds is 7. The Bertz CT molecular complexity index is 1050. The number of carbonyl (C=O) groups excluding carboxylic acids is 2. The lowest BCUT2D eigenvalue weighted by Gasteiger charge is -2.59. The van der Waals surface area contributed by atoms with Crippen LogP contribution in [-0.4, -0.2) is 42.1 Å². The highest BCUT2D eigenvalue weighted by molar-refractivity contribution is 6.71. The normalized spacial score (nSPS) is 38.2. The van der Waals surface area contributed by atoms with Crippen LogP contribution in [0.25, 0.3) is 0 Å². The van der Waals surface area contributed by atoms with Crippen molar-refractivity contribution in [2.24, 2.45) is 28.6 Å². The van der Waals surface area contributed by atoms with Crippen molar-refractivity contribution in [2.75, 3.05) is 0 Å². The Morgan fingerprint density at radius 1 is 0.895 bits per heavy atom. The van der Waals surface area contributed by atoms with E-state index in [4.69, 9.17) is 13.3 Å². The Morgan fingerprint density at radius 2 is 1.55 bits per heavy atom. The molecule has 0 aromatic heterocycles. The number of carbonyl (C=O) groups is 2. The van der Waals surface area contributed by atoms with Crippen molar-refractivity contribution in [1.29, 1.82) is 0 Å². The summed E-state index contributed by atoms with van der Waals surface area (Å²) < 4.78 is 20.6. The van der Waals surface area contributed by atoms with E-state index in [1.54, 1.807) is 0 Å². The molecule has 4 rings (SSSR count). The summed E-state index contributed by atoms with van der Waals surface area (Å²) in [7, 11) is -5.93. The average molecular weight is 577 g/mol. The third kappa shape index (κ3) is 5.36. The lowest BCUT2D eigenvalue weighted by molar-refractivity contribution is -0.155. The van der Waals surface area contributed by atoms with Crippen molar-refractivity contribution in [2.45, 2.75) is 123 Å². The molecule has 0 N–H and O–H groups in total. The van der Waals surface area contributed by atoms with Crippen LogP contribution in [0.15, 0.2) is 23.7 Å². The van der Waals surface area contributed by atoms with Crippen molar-refractivity contribution in [3.63, 3.8) is 0 Å². The summed E-state index contributed by atoms with van der Waals surface area (Å²) in [5, 5.41) is 0. The van der Waals surface area contributed by atoms with Crippen LogP contribution in [0, 0.1) is 28.6 Å². The van der Waals surface area contributed by atoms with Gasteiger partial charge in [0.05, 0.1) is 0 Å². The molecular formula is C30H52O5Si3. The second-order valence-corrected chi connectivity index (χ2v) is 29.2. The largest absolute Gasteiger partial charge is 0.547 e. The Morgan fingerprint density at radius 3 is 2.13 bits per heavy atom. The van der Waals surface area contributed by atoms with Crippen molar-refractivity contribution in [3.05, 3.63) is 23.7 Å². The third-order valence-electron chi connectivity index (χ3n) is 9.59. The van der Waals surface area contributed by atoms with E-state index in [-0.39, 0.29) is 22.5 Å². The van der Waals surface area contributed by atoms with Crippen LogP contribution in [0.3, 0.4) is 0 Å². The summed E-state index contributed by atoms with van der Waals surface area (Å²) in [6.07, 6.45) is 9.45. The highest BCUT2D eigenvalue weighted by Gasteiger charge is 2.69. The molecule has 6 unspecified atom stereocenters. The second-order valence-electron chi connectivity index (χ2n) is 15.9. The predicted molar refractivity (Wildman–Crippen MR) is 161 cm³/mol. The van der Waals surface area contributed by atoms with Gasteiger partial charge in [-0.2, -0.15) is 0 Å². The second kappa shape index (κ2) is 9.55. The zero-order valence-electron chi connectivity index (χ0n) is 25.9. The van der Waals surface area contributed by atoms with Gasteiger partial charge in [0, 0.05) is 24.2 Å². The molecule has 214 valence electrons. The summed E-state index contributed by atoms with van der Waals surface area (Å²) >= 11 is 0. The number of fused-ring (bicyclic) bond motifs is 5. The SMILES string of the molecule is CC12CCC(=O)C=C1CCC1C2C(=O)CC2(C)C1CCC2(O[Si](C)(C)C)C(=CO[Si](C)(C)C)O[Si](C)(C)C. The highest BCUT2D eigenvalue weighted by atomic mass is 28.4. The van der Waals surface area contributed by atoms with Gasteiger partial charge in [0.25, 0.3) is 0 Å². The summed E-state index contributed by atoms with van der Waals surface area (Å²) in [5.74, 6) is 2.12. The minimum absolute atomic E-state index is 0.0000664. The first-order valence-corrected chi connectivity index (χ1v) is 25.0. The summed E-state index contributed by atoms with van der Waals surface area (Å²) in [6.45, 7) is 24.6. The fourth-order valence-electron chi connectivity index (χ4n) is 8.28. The maximum Gasteiger partial charge on any atom is 0.242 e. The van der Waals surface area contributed by atoms with Gasteiger partial charge >= 0.3 is 0 Å². The van der Waals surface area contributed by atoms with Crippen molar-refractivity contribution < 1.29 is 22.9 Å². The molecule has 0 heterocycles. The van der Waals surface area contributed by atoms with Gasteiger partial charge in [-0.1, -0.05) is 19.4 Å². The van der Waals surface area contributed by atoms with Crippen molar-refractivity contribution in [1.82, 2.24) is 0 Å². The van der Waals surface area contributed by atoms with Crippen LogP contribution in [-0.2, 0) is 22.9 Å². The zero-order chi connectivity index (χ0) is 28.5. The molecule has 0 amide bonds. The van der Waals surface area contributed by atoms with E-state index in [9.17, 15) is 9.59 Å². The number of Topliss-reactive ketones (excluding diaryl/α,β-unsaturated/α-hetero) is 1. The van der Waals surface area contributed by atoms with E-state index in [2.05, 4.69) is 72.8 Å². The molecule has 0 radical (unpaired) electrons. The molecule has 6 atom stereocenters. The minimum atomic E-state index is -2.05. The van der Waals surface area contributed by atoms with Gasteiger partial charge in [-0.25, -0.2) is 0 Å². The van der Waals surface area contributed by atoms with Crippen LogP contribution in [0.2, 0.25) is 58.9 Å². The van der Waals surface area contributed by atoms with Gasteiger partial charge in [0.2, 0.25) is 16.6 Å². The highest BCUT2D eigenvalue weighted by Crippen LogP contribution is 2.69. The van der Waals surface area contributed by atoms with Crippen molar-refractivity contribution in [3.8, 4) is 0 Å². The molecule has 4 aliphatic rings. The van der Waals surface area contributed by atoms with Gasteiger partial charge in [0.1, 0.15) is 23.4 Å². The van der Waals surface area contributed by atoms with E-state index in [0.29, 0.717) is 30.5 Å². The third-order valence-corrected chi connectivity index (χ3v) is 12.2. The molecule has 0 bridgehead atoms. The Balaban J connectivity index is 1.83. The maximum absolute atomic E-state index is 14.4. The smallest absolute Gasteiger partial charge is 0.242 e. The standard InChI is InChI=1S/C30H52O5Si3/c1-28-16-14-22(31)18-21(28)12-13-23-24-15-17-30(35-38(9,10)11,29(24,2)19-25(32)27(23)28)26(34-37(6,7)8)20-33-36(3,4)5/h18,20,23-24,27H,12-17,19H2,1-11H3. The first-order chi connectivity index (χ1) is 17.2. The lowest BCUT2D eigenvalue weighted by Crippen LogP contribution is -2.61. The van der Waals surface area contributed by atoms with Gasteiger partial charge in [0.15, 0.2) is 14.1 Å². The molecule has 4 aliphatic carbocycles. The van der Waals surface area contributed by atoms with E-state index >= 15 is 0 Å². The molecule has 0 saturated heterocycles. The number of hydrogen-bond donors (Lipinski definition) is 0. The number of allylic oxidation sites excluding steroid dienone is 1. The summed E-state index contributed by atoms with van der Waals surface area (Å²) in [6, 6.07) is 0. The fraction of sp³-hybridized carbons (Fsp3) is 0.800. The van der Waals surface area contributed by atoms with Crippen molar-refractivity contribution >= 4 is 36.5 Å².